The number of ether oxygens (including phenoxy) is 1. The molecule has 2 heterocycles. The highest BCUT2D eigenvalue weighted by Gasteiger charge is 2.01. The minimum atomic E-state index is 0.435. The molecule has 0 saturated carbocycles. The topological polar surface area (TPSA) is 76.9 Å². The number of aliphatic imine (C=N–C) groups is 1. The fraction of sp³-hybridized carbons (Fsp3) is 0.429. The molecule has 0 aliphatic carbocycles. The SMILES string of the molecule is CCOCCCNC(N)=NCc1cn2cc(Br)ccc2n1. The summed E-state index contributed by atoms with van der Waals surface area (Å²) < 4.78 is 8.22. The first-order valence-corrected chi connectivity index (χ1v) is 7.73. The molecule has 114 valence electrons. The van der Waals surface area contributed by atoms with Gasteiger partial charge in [0.2, 0.25) is 0 Å². The van der Waals surface area contributed by atoms with Crippen molar-refractivity contribution < 1.29 is 4.74 Å². The Balaban J connectivity index is 1.83. The number of aromatic nitrogens is 2. The van der Waals surface area contributed by atoms with Gasteiger partial charge in [-0.1, -0.05) is 0 Å². The van der Waals surface area contributed by atoms with Gasteiger partial charge in [-0.3, -0.25) is 0 Å². The summed E-state index contributed by atoms with van der Waals surface area (Å²) in [5, 5.41) is 3.06. The first-order valence-electron chi connectivity index (χ1n) is 6.93. The van der Waals surface area contributed by atoms with Gasteiger partial charge < -0.3 is 20.2 Å². The van der Waals surface area contributed by atoms with E-state index in [0.717, 1.165) is 42.0 Å². The summed E-state index contributed by atoms with van der Waals surface area (Å²) in [5.41, 5.74) is 7.59. The number of rotatable bonds is 7. The fourth-order valence-corrected chi connectivity index (χ4v) is 2.20. The third-order valence-corrected chi connectivity index (χ3v) is 3.32. The number of pyridine rings is 1. The molecule has 0 saturated heterocycles. The largest absolute Gasteiger partial charge is 0.382 e. The van der Waals surface area contributed by atoms with Crippen LogP contribution < -0.4 is 11.1 Å². The lowest BCUT2D eigenvalue weighted by atomic mass is 10.4. The molecule has 2 aromatic heterocycles. The summed E-state index contributed by atoms with van der Waals surface area (Å²) >= 11 is 3.43. The maximum atomic E-state index is 5.81. The summed E-state index contributed by atoms with van der Waals surface area (Å²) in [5.74, 6) is 0.435. The lowest BCUT2D eigenvalue weighted by Gasteiger charge is -2.05. The van der Waals surface area contributed by atoms with Crippen molar-refractivity contribution >= 4 is 27.5 Å². The van der Waals surface area contributed by atoms with Gasteiger partial charge in [0.05, 0.1) is 12.2 Å². The van der Waals surface area contributed by atoms with Crippen molar-refractivity contribution in [2.24, 2.45) is 10.7 Å². The van der Waals surface area contributed by atoms with Crippen LogP contribution in [0.4, 0.5) is 0 Å². The van der Waals surface area contributed by atoms with Crippen LogP contribution in [0.5, 0.6) is 0 Å². The lowest BCUT2D eigenvalue weighted by Crippen LogP contribution is -2.32. The average Bonchev–Trinajstić information content (AvgIpc) is 2.87. The number of hydrogen-bond donors (Lipinski definition) is 2. The zero-order valence-electron chi connectivity index (χ0n) is 12.1. The molecular weight excluding hydrogens is 334 g/mol. The normalized spacial score (nSPS) is 12.0. The molecular formula is C14H20BrN5O. The van der Waals surface area contributed by atoms with Crippen molar-refractivity contribution in [3.05, 3.63) is 34.7 Å². The minimum absolute atomic E-state index is 0.435. The van der Waals surface area contributed by atoms with E-state index in [1.54, 1.807) is 0 Å². The maximum Gasteiger partial charge on any atom is 0.188 e. The molecule has 21 heavy (non-hydrogen) atoms. The number of hydrogen-bond acceptors (Lipinski definition) is 3. The van der Waals surface area contributed by atoms with E-state index in [1.807, 2.05) is 35.9 Å². The Kier molecular flexibility index (Phi) is 6.01. The Morgan fingerprint density at radius 3 is 3.14 bits per heavy atom. The molecule has 0 aromatic carbocycles. The van der Waals surface area contributed by atoms with Gasteiger partial charge in [0.1, 0.15) is 5.65 Å². The van der Waals surface area contributed by atoms with Crippen molar-refractivity contribution in [1.82, 2.24) is 14.7 Å². The van der Waals surface area contributed by atoms with Crippen LogP contribution in [0.15, 0.2) is 34.0 Å². The molecule has 0 atom stereocenters. The van der Waals surface area contributed by atoms with E-state index < -0.39 is 0 Å². The van der Waals surface area contributed by atoms with Gasteiger partial charge in [-0.05, 0) is 41.4 Å². The zero-order valence-corrected chi connectivity index (χ0v) is 13.6. The maximum absolute atomic E-state index is 5.81. The van der Waals surface area contributed by atoms with Crippen LogP contribution in [-0.4, -0.2) is 35.1 Å². The van der Waals surface area contributed by atoms with E-state index in [9.17, 15) is 0 Å². The van der Waals surface area contributed by atoms with E-state index in [2.05, 4.69) is 31.2 Å². The molecule has 3 N–H and O–H groups in total. The molecule has 2 aromatic rings. The summed E-state index contributed by atoms with van der Waals surface area (Å²) in [6, 6.07) is 3.91. The quantitative estimate of drug-likeness (QED) is 0.453. The first kappa shape index (κ1) is 15.8. The molecule has 0 radical (unpaired) electrons. The minimum Gasteiger partial charge on any atom is -0.382 e. The predicted molar refractivity (Wildman–Crippen MR) is 87.3 cm³/mol. The van der Waals surface area contributed by atoms with Gasteiger partial charge in [-0.2, -0.15) is 0 Å². The molecule has 0 amide bonds. The highest BCUT2D eigenvalue weighted by Crippen LogP contribution is 2.12. The number of imidazole rings is 1. The molecule has 0 spiro atoms. The highest BCUT2D eigenvalue weighted by molar-refractivity contribution is 9.10. The third-order valence-electron chi connectivity index (χ3n) is 2.85. The molecule has 7 heteroatoms. The van der Waals surface area contributed by atoms with Gasteiger partial charge in [-0.25, -0.2) is 9.98 Å². The lowest BCUT2D eigenvalue weighted by molar-refractivity contribution is 0.145. The third kappa shape index (κ3) is 5.02. The monoisotopic (exact) mass is 353 g/mol. The second-order valence-electron chi connectivity index (χ2n) is 4.52. The van der Waals surface area contributed by atoms with Crippen LogP contribution in [0.25, 0.3) is 5.65 Å². The highest BCUT2D eigenvalue weighted by atomic mass is 79.9. The molecule has 0 bridgehead atoms. The van der Waals surface area contributed by atoms with Crippen LogP contribution in [-0.2, 0) is 11.3 Å². The molecule has 2 rings (SSSR count). The van der Waals surface area contributed by atoms with Crippen molar-refractivity contribution in [2.45, 2.75) is 19.9 Å². The van der Waals surface area contributed by atoms with Crippen molar-refractivity contribution in [3.8, 4) is 0 Å². The van der Waals surface area contributed by atoms with Gasteiger partial charge in [0.25, 0.3) is 0 Å². The van der Waals surface area contributed by atoms with Crippen LogP contribution in [0.3, 0.4) is 0 Å². The smallest absolute Gasteiger partial charge is 0.188 e. The molecule has 6 nitrogen and oxygen atoms in total. The van der Waals surface area contributed by atoms with Crippen LogP contribution in [0.2, 0.25) is 0 Å². The van der Waals surface area contributed by atoms with E-state index in [0.29, 0.717) is 12.5 Å². The van der Waals surface area contributed by atoms with Gasteiger partial charge in [-0.15, -0.1) is 0 Å². The van der Waals surface area contributed by atoms with E-state index >= 15 is 0 Å². The molecule has 0 aliphatic heterocycles. The average molecular weight is 354 g/mol. The number of nitrogens with one attached hydrogen (secondary N) is 1. The second kappa shape index (κ2) is 7.99. The van der Waals surface area contributed by atoms with Gasteiger partial charge in [0, 0.05) is 36.6 Å². The Bertz CT molecular complexity index is 610. The standard InChI is InChI=1S/C14H20BrN5O/c1-2-21-7-3-6-17-14(16)18-8-12-10-20-9-11(15)4-5-13(20)19-12/h4-5,9-10H,2-3,6-8H2,1H3,(H3,16,17,18). The number of fused-ring (bicyclic) bond motifs is 1. The van der Waals surface area contributed by atoms with E-state index in [4.69, 9.17) is 10.5 Å². The first-order chi connectivity index (χ1) is 10.2. The van der Waals surface area contributed by atoms with Gasteiger partial charge >= 0.3 is 0 Å². The Morgan fingerprint density at radius 2 is 2.33 bits per heavy atom. The number of halogens is 1. The van der Waals surface area contributed by atoms with E-state index in [-0.39, 0.29) is 0 Å². The number of guanidine groups is 1. The summed E-state index contributed by atoms with van der Waals surface area (Å²) in [6.45, 7) is 4.68. The van der Waals surface area contributed by atoms with Crippen molar-refractivity contribution in [3.63, 3.8) is 0 Å². The number of nitrogens with two attached hydrogens (primary N) is 1. The Labute approximate surface area is 132 Å². The van der Waals surface area contributed by atoms with Crippen molar-refractivity contribution in [2.75, 3.05) is 19.8 Å². The summed E-state index contributed by atoms with van der Waals surface area (Å²) in [7, 11) is 0. The van der Waals surface area contributed by atoms with Crippen molar-refractivity contribution in [1.29, 1.82) is 0 Å². The summed E-state index contributed by atoms with van der Waals surface area (Å²) in [4.78, 5) is 8.76. The fourth-order valence-electron chi connectivity index (χ4n) is 1.85. The Morgan fingerprint density at radius 1 is 1.48 bits per heavy atom. The zero-order chi connectivity index (χ0) is 15.1. The number of nitrogens with zero attached hydrogens (tertiary/aromatic N) is 3. The van der Waals surface area contributed by atoms with E-state index in [1.165, 1.54) is 0 Å². The van der Waals surface area contributed by atoms with Crippen LogP contribution >= 0.6 is 15.9 Å². The summed E-state index contributed by atoms with van der Waals surface area (Å²) in [6.07, 6.45) is 4.82. The Hall–Kier alpha value is -1.60. The second-order valence-corrected chi connectivity index (χ2v) is 5.44. The molecule has 0 unspecified atom stereocenters. The predicted octanol–water partition coefficient (Wildman–Crippen LogP) is 1.93. The van der Waals surface area contributed by atoms with Crippen LogP contribution in [0, 0.1) is 0 Å². The molecule has 0 fully saturated rings. The van der Waals surface area contributed by atoms with Gasteiger partial charge in [0.15, 0.2) is 5.96 Å². The van der Waals surface area contributed by atoms with Crippen LogP contribution in [0.1, 0.15) is 19.0 Å². The molecule has 0 aliphatic rings.